The maximum atomic E-state index is 9.33. The van der Waals surface area contributed by atoms with Gasteiger partial charge in [-0.05, 0) is 12.8 Å². The van der Waals surface area contributed by atoms with Gasteiger partial charge in [-0.2, -0.15) is 0 Å². The molecule has 0 aliphatic carbocycles. The van der Waals surface area contributed by atoms with Gasteiger partial charge >= 0.3 is 8.60 Å². The van der Waals surface area contributed by atoms with Crippen molar-refractivity contribution in [3.63, 3.8) is 0 Å². The summed E-state index contributed by atoms with van der Waals surface area (Å²) in [7, 11) is -0.356. The molecule has 0 fully saturated rings. The molecule has 25 heavy (non-hydrogen) atoms. The van der Waals surface area contributed by atoms with Crippen LogP contribution in [-0.4, -0.2) is 24.9 Å². The van der Waals surface area contributed by atoms with Crippen molar-refractivity contribution in [1.82, 2.24) is 0 Å². The number of hydrogen-bond donors (Lipinski definition) is 1. The summed E-state index contributed by atoms with van der Waals surface area (Å²) in [6.07, 6.45) is 19.4. The first-order valence-corrected chi connectivity index (χ1v) is 11.7. The lowest BCUT2D eigenvalue weighted by atomic mass is 10.0. The molecule has 5 heteroatoms. The van der Waals surface area contributed by atoms with Gasteiger partial charge < -0.3 is 14.2 Å². The lowest BCUT2D eigenvalue weighted by Gasteiger charge is -2.18. The highest BCUT2D eigenvalue weighted by atomic mass is 31.2. The van der Waals surface area contributed by atoms with E-state index in [9.17, 15) is 4.89 Å². The van der Waals surface area contributed by atoms with E-state index in [4.69, 9.17) is 13.8 Å². The molecule has 0 rings (SSSR count). The molecule has 0 saturated heterocycles. The molecule has 0 spiro atoms. The van der Waals surface area contributed by atoms with Gasteiger partial charge in [0.2, 0.25) is 0 Å². The van der Waals surface area contributed by atoms with Gasteiger partial charge in [0.25, 0.3) is 0 Å². The van der Waals surface area contributed by atoms with Gasteiger partial charge in [0.1, 0.15) is 0 Å². The van der Waals surface area contributed by atoms with Gasteiger partial charge in [-0.25, -0.2) is 0 Å². The molecule has 0 heterocycles. The first kappa shape index (κ1) is 25.3. The number of hydrogen-bond acceptors (Lipinski definition) is 4. The zero-order chi connectivity index (χ0) is 18.6. The van der Waals surface area contributed by atoms with Crippen LogP contribution in [0.1, 0.15) is 110 Å². The Morgan fingerprint density at radius 2 is 1.16 bits per heavy atom. The molecule has 1 N–H and O–H groups in total. The number of unbranched alkanes of at least 4 members (excludes halogenated alkanes) is 13. The summed E-state index contributed by atoms with van der Waals surface area (Å²) >= 11 is 0. The average molecular weight is 379 g/mol. The fourth-order valence-corrected chi connectivity index (χ4v) is 3.37. The molecule has 2 atom stereocenters. The summed E-state index contributed by atoms with van der Waals surface area (Å²) in [5, 5.41) is 0. The Labute approximate surface area is 158 Å². The molecule has 0 bridgehead atoms. The second-order valence-corrected chi connectivity index (χ2v) is 7.88. The predicted molar refractivity (Wildman–Crippen MR) is 108 cm³/mol. The predicted octanol–water partition coefficient (Wildman–Crippen LogP) is 7.10. The van der Waals surface area contributed by atoms with E-state index in [2.05, 4.69) is 6.92 Å². The second kappa shape index (κ2) is 20.6. The van der Waals surface area contributed by atoms with Crippen LogP contribution in [0.15, 0.2) is 0 Å². The summed E-state index contributed by atoms with van der Waals surface area (Å²) < 4.78 is 15.6. The summed E-state index contributed by atoms with van der Waals surface area (Å²) in [5.41, 5.74) is 0. The van der Waals surface area contributed by atoms with Crippen molar-refractivity contribution < 1.29 is 18.7 Å². The monoisotopic (exact) mass is 378 g/mol. The highest BCUT2D eigenvalue weighted by Gasteiger charge is 2.13. The minimum Gasteiger partial charge on any atom is -0.352 e. The van der Waals surface area contributed by atoms with Crippen molar-refractivity contribution >= 4 is 8.60 Å². The van der Waals surface area contributed by atoms with Crippen molar-refractivity contribution in [1.29, 1.82) is 0 Å². The molecule has 4 nitrogen and oxygen atoms in total. The van der Waals surface area contributed by atoms with E-state index in [1.807, 2.05) is 6.92 Å². The third kappa shape index (κ3) is 18.8. The number of ether oxygens (including phenoxy) is 1. The molecule has 0 aromatic carbocycles. The topological polar surface area (TPSA) is 47.9 Å². The van der Waals surface area contributed by atoms with Gasteiger partial charge in [0.05, 0.1) is 0 Å². The molecular weight excluding hydrogens is 335 g/mol. The summed E-state index contributed by atoms with van der Waals surface area (Å²) in [5.74, 6) is 0. The van der Waals surface area contributed by atoms with Crippen LogP contribution >= 0.6 is 8.60 Å². The van der Waals surface area contributed by atoms with Crippen LogP contribution in [-0.2, 0) is 13.8 Å². The molecule has 0 aliphatic rings. The highest BCUT2D eigenvalue weighted by Crippen LogP contribution is 2.34. The van der Waals surface area contributed by atoms with Crippen LogP contribution < -0.4 is 0 Å². The highest BCUT2D eigenvalue weighted by molar-refractivity contribution is 7.40. The molecule has 0 aliphatic heterocycles. The first-order chi connectivity index (χ1) is 12.2. The minimum atomic E-state index is -1.79. The maximum absolute atomic E-state index is 9.33. The Morgan fingerprint density at radius 1 is 0.720 bits per heavy atom. The molecule has 2 unspecified atom stereocenters. The van der Waals surface area contributed by atoms with E-state index in [0.717, 1.165) is 12.8 Å². The van der Waals surface area contributed by atoms with Gasteiger partial charge in [-0.15, -0.1) is 0 Å². The van der Waals surface area contributed by atoms with Crippen molar-refractivity contribution in [2.24, 2.45) is 0 Å². The normalized spacial score (nSPS) is 13.9. The lowest BCUT2D eigenvalue weighted by molar-refractivity contribution is -0.0885. The quantitative estimate of drug-likeness (QED) is 0.139. The molecule has 0 aromatic rings. The maximum Gasteiger partial charge on any atom is 0.331 e. The lowest BCUT2D eigenvalue weighted by Crippen LogP contribution is -2.14. The van der Waals surface area contributed by atoms with Gasteiger partial charge in [-0.3, -0.25) is 4.52 Å². The van der Waals surface area contributed by atoms with Crippen molar-refractivity contribution in [2.75, 3.05) is 13.7 Å². The van der Waals surface area contributed by atoms with E-state index in [0.29, 0.717) is 6.61 Å². The third-order valence-corrected chi connectivity index (χ3v) is 5.23. The van der Waals surface area contributed by atoms with E-state index in [1.165, 1.54) is 90.6 Å². The fraction of sp³-hybridized carbons (Fsp3) is 1.00. The smallest absolute Gasteiger partial charge is 0.331 e. The van der Waals surface area contributed by atoms with Crippen LogP contribution in [0.2, 0.25) is 0 Å². The molecule has 0 aromatic heterocycles. The SMILES string of the molecule is CCCCCCCCCCCCCCCCOC(CC)OP(O)OC. The fourth-order valence-electron chi connectivity index (χ4n) is 2.88. The van der Waals surface area contributed by atoms with E-state index < -0.39 is 8.60 Å². The van der Waals surface area contributed by atoms with Gasteiger partial charge in [0, 0.05) is 13.7 Å². The summed E-state index contributed by atoms with van der Waals surface area (Å²) in [6, 6.07) is 0. The van der Waals surface area contributed by atoms with E-state index in [-0.39, 0.29) is 6.29 Å². The van der Waals surface area contributed by atoms with Gasteiger partial charge in [0.15, 0.2) is 6.29 Å². The third-order valence-electron chi connectivity index (χ3n) is 4.50. The van der Waals surface area contributed by atoms with Crippen LogP contribution in [0.25, 0.3) is 0 Å². The van der Waals surface area contributed by atoms with Crippen LogP contribution in [0.4, 0.5) is 0 Å². The Hall–Kier alpha value is 0.270. The summed E-state index contributed by atoms with van der Waals surface area (Å²) in [4.78, 5) is 9.33. The Morgan fingerprint density at radius 3 is 1.56 bits per heavy atom. The standard InChI is InChI=1S/C20H43O4P/c1-4-6-7-8-9-10-11-12-13-14-15-16-17-18-19-23-20(5-2)24-25(21)22-3/h20-21H,4-19H2,1-3H3. The Kier molecular flexibility index (Phi) is 20.8. The minimum absolute atomic E-state index is 0.349. The molecule has 152 valence electrons. The molecule has 0 radical (unpaired) electrons. The van der Waals surface area contributed by atoms with Crippen LogP contribution in [0.3, 0.4) is 0 Å². The van der Waals surface area contributed by atoms with E-state index in [1.54, 1.807) is 0 Å². The van der Waals surface area contributed by atoms with Crippen molar-refractivity contribution in [3.05, 3.63) is 0 Å². The van der Waals surface area contributed by atoms with Crippen LogP contribution in [0, 0.1) is 0 Å². The second-order valence-electron chi connectivity index (χ2n) is 6.83. The first-order valence-electron chi connectivity index (χ1n) is 10.6. The average Bonchev–Trinajstić information content (AvgIpc) is 2.63. The van der Waals surface area contributed by atoms with Crippen molar-refractivity contribution in [2.45, 2.75) is 116 Å². The molecule has 0 saturated carbocycles. The van der Waals surface area contributed by atoms with Crippen molar-refractivity contribution in [3.8, 4) is 0 Å². The number of rotatable bonds is 20. The zero-order valence-corrected chi connectivity index (χ0v) is 17.9. The molecule has 0 amide bonds. The molecular formula is C20H43O4P. The largest absolute Gasteiger partial charge is 0.352 e. The summed E-state index contributed by atoms with van der Waals surface area (Å²) in [6.45, 7) is 4.95. The van der Waals surface area contributed by atoms with Gasteiger partial charge in [-0.1, -0.05) is 97.3 Å². The van der Waals surface area contributed by atoms with E-state index >= 15 is 0 Å². The Balaban J connectivity index is 3.20. The van der Waals surface area contributed by atoms with Crippen LogP contribution in [0.5, 0.6) is 0 Å². The Bertz CT molecular complexity index is 254. The zero-order valence-electron chi connectivity index (χ0n) is 17.0.